The first-order chi connectivity index (χ1) is 10.1. The van der Waals surface area contributed by atoms with Gasteiger partial charge in [0.25, 0.3) is 5.91 Å². The van der Waals surface area contributed by atoms with Crippen LogP contribution in [0.5, 0.6) is 0 Å². The number of likely N-dealkylation sites (tertiary alicyclic amines) is 1. The van der Waals surface area contributed by atoms with Crippen molar-refractivity contribution in [1.29, 1.82) is 0 Å². The number of hydrogen-bond acceptors (Lipinski definition) is 2. The Balaban J connectivity index is 1.93. The lowest BCUT2D eigenvalue weighted by Crippen LogP contribution is -2.48. The molecule has 6 heteroatoms. The lowest BCUT2D eigenvalue weighted by Gasteiger charge is -2.32. The highest BCUT2D eigenvalue weighted by Crippen LogP contribution is 2.23. The number of carboxylic acid groups (broad SMARTS) is 1. The second-order valence-corrected chi connectivity index (χ2v) is 5.70. The number of carbonyl (C=O) groups excluding carboxylic acids is 1. The minimum Gasteiger partial charge on any atom is -0.480 e. The second-order valence-electron chi connectivity index (χ2n) is 5.26. The fourth-order valence-corrected chi connectivity index (χ4v) is 2.99. The summed E-state index contributed by atoms with van der Waals surface area (Å²) in [5, 5.41) is 10.7. The van der Waals surface area contributed by atoms with Crippen molar-refractivity contribution >= 4 is 34.4 Å². The summed E-state index contributed by atoms with van der Waals surface area (Å²) in [6.45, 7) is 0.478. The molecular weight excluding hydrogens is 292 g/mol. The molecule has 1 saturated heterocycles. The molecule has 1 aromatic heterocycles. The molecule has 110 valence electrons. The smallest absolute Gasteiger partial charge is 0.326 e. The molecule has 1 atom stereocenters. The number of amides is 1. The monoisotopic (exact) mass is 306 g/mol. The molecular formula is C15H15ClN2O3. The topological polar surface area (TPSA) is 73.4 Å². The van der Waals surface area contributed by atoms with Crippen molar-refractivity contribution in [2.24, 2.45) is 0 Å². The quantitative estimate of drug-likeness (QED) is 0.896. The Hall–Kier alpha value is -2.01. The van der Waals surface area contributed by atoms with Gasteiger partial charge < -0.3 is 15.0 Å². The minimum atomic E-state index is -0.942. The van der Waals surface area contributed by atoms with Gasteiger partial charge in [0.15, 0.2) is 0 Å². The summed E-state index contributed by atoms with van der Waals surface area (Å²) in [5.74, 6) is -1.21. The molecule has 1 aliphatic rings. The van der Waals surface area contributed by atoms with Gasteiger partial charge in [-0.3, -0.25) is 4.79 Å². The van der Waals surface area contributed by atoms with Crippen LogP contribution >= 0.6 is 11.6 Å². The fourth-order valence-electron chi connectivity index (χ4n) is 2.80. The molecule has 1 aromatic carbocycles. The Kier molecular flexibility index (Phi) is 3.59. The molecule has 0 radical (unpaired) electrons. The number of aliphatic carboxylic acids is 1. The number of nitrogens with zero attached hydrogens (tertiary/aromatic N) is 1. The van der Waals surface area contributed by atoms with E-state index in [1.165, 1.54) is 4.90 Å². The Morgan fingerprint density at radius 3 is 2.86 bits per heavy atom. The number of hydrogen-bond donors (Lipinski definition) is 2. The summed E-state index contributed by atoms with van der Waals surface area (Å²) in [6, 6.07) is 6.31. The molecule has 0 aliphatic carbocycles. The van der Waals surface area contributed by atoms with E-state index in [9.17, 15) is 14.7 Å². The van der Waals surface area contributed by atoms with Gasteiger partial charge >= 0.3 is 5.97 Å². The Bertz CT molecular complexity index is 710. The number of rotatable bonds is 2. The highest BCUT2D eigenvalue weighted by molar-refractivity contribution is 6.31. The largest absolute Gasteiger partial charge is 0.480 e. The molecule has 21 heavy (non-hydrogen) atoms. The van der Waals surface area contributed by atoms with E-state index >= 15 is 0 Å². The average molecular weight is 307 g/mol. The number of carbonyl (C=O) groups is 2. The zero-order chi connectivity index (χ0) is 15.0. The molecule has 2 aromatic rings. The van der Waals surface area contributed by atoms with Crippen LogP contribution in [0.1, 0.15) is 29.8 Å². The fraction of sp³-hybridized carbons (Fsp3) is 0.333. The van der Waals surface area contributed by atoms with E-state index in [4.69, 9.17) is 11.6 Å². The van der Waals surface area contributed by atoms with Crippen molar-refractivity contribution in [2.75, 3.05) is 6.54 Å². The van der Waals surface area contributed by atoms with Crippen molar-refractivity contribution < 1.29 is 14.7 Å². The number of fused-ring (bicyclic) bond motifs is 1. The van der Waals surface area contributed by atoms with Crippen LogP contribution in [-0.2, 0) is 4.79 Å². The Morgan fingerprint density at radius 2 is 2.10 bits per heavy atom. The highest BCUT2D eigenvalue weighted by Gasteiger charge is 2.33. The van der Waals surface area contributed by atoms with Gasteiger partial charge in [0, 0.05) is 22.5 Å². The normalized spacial score (nSPS) is 18.9. The number of piperidine rings is 1. The summed E-state index contributed by atoms with van der Waals surface area (Å²) >= 11 is 5.93. The van der Waals surface area contributed by atoms with Crippen LogP contribution in [-0.4, -0.2) is 39.5 Å². The van der Waals surface area contributed by atoms with E-state index in [2.05, 4.69) is 4.98 Å². The zero-order valence-corrected chi connectivity index (χ0v) is 12.1. The third kappa shape index (κ3) is 2.61. The van der Waals surface area contributed by atoms with Crippen LogP contribution < -0.4 is 0 Å². The van der Waals surface area contributed by atoms with Crippen molar-refractivity contribution in [3.63, 3.8) is 0 Å². The first kappa shape index (κ1) is 13.9. The number of carboxylic acids is 1. The molecule has 3 rings (SSSR count). The van der Waals surface area contributed by atoms with Gasteiger partial charge in [-0.15, -0.1) is 0 Å². The summed E-state index contributed by atoms with van der Waals surface area (Å²) in [6.07, 6.45) is 2.18. The molecule has 1 aliphatic heterocycles. The summed E-state index contributed by atoms with van der Waals surface area (Å²) in [7, 11) is 0. The van der Waals surface area contributed by atoms with Gasteiger partial charge in [0.05, 0.1) is 0 Å². The maximum Gasteiger partial charge on any atom is 0.326 e. The molecule has 0 bridgehead atoms. The molecule has 1 fully saturated rings. The van der Waals surface area contributed by atoms with E-state index in [0.29, 0.717) is 23.7 Å². The summed E-state index contributed by atoms with van der Waals surface area (Å²) in [5.41, 5.74) is 1.21. The molecule has 0 spiro atoms. The molecule has 1 amide bonds. The van der Waals surface area contributed by atoms with E-state index in [-0.39, 0.29) is 5.91 Å². The number of nitrogens with one attached hydrogen (secondary N) is 1. The van der Waals surface area contributed by atoms with Crippen LogP contribution in [0.15, 0.2) is 24.3 Å². The third-order valence-electron chi connectivity index (χ3n) is 3.86. The number of aromatic nitrogens is 1. The van der Waals surface area contributed by atoms with Crippen molar-refractivity contribution in [1.82, 2.24) is 9.88 Å². The van der Waals surface area contributed by atoms with Crippen LogP contribution in [0.2, 0.25) is 5.02 Å². The first-order valence-corrected chi connectivity index (χ1v) is 7.26. The number of aromatic amines is 1. The van der Waals surface area contributed by atoms with E-state index < -0.39 is 12.0 Å². The number of benzene rings is 1. The van der Waals surface area contributed by atoms with E-state index in [1.807, 2.05) is 0 Å². The van der Waals surface area contributed by atoms with Gasteiger partial charge in [-0.05, 0) is 43.5 Å². The minimum absolute atomic E-state index is 0.269. The van der Waals surface area contributed by atoms with Crippen molar-refractivity contribution in [2.45, 2.75) is 25.3 Å². The lowest BCUT2D eigenvalue weighted by atomic mass is 10.0. The highest BCUT2D eigenvalue weighted by atomic mass is 35.5. The van der Waals surface area contributed by atoms with Gasteiger partial charge in [0.1, 0.15) is 11.7 Å². The van der Waals surface area contributed by atoms with Crippen LogP contribution in [0.3, 0.4) is 0 Å². The predicted molar refractivity (Wildman–Crippen MR) is 79.6 cm³/mol. The van der Waals surface area contributed by atoms with Crippen molar-refractivity contribution in [3.8, 4) is 0 Å². The first-order valence-electron chi connectivity index (χ1n) is 6.88. The van der Waals surface area contributed by atoms with Crippen LogP contribution in [0.25, 0.3) is 10.9 Å². The second kappa shape index (κ2) is 5.41. The van der Waals surface area contributed by atoms with Gasteiger partial charge in [-0.2, -0.15) is 0 Å². The number of halogens is 1. The number of H-pyrrole nitrogens is 1. The van der Waals surface area contributed by atoms with Gasteiger partial charge in [-0.1, -0.05) is 11.6 Å². The van der Waals surface area contributed by atoms with Gasteiger partial charge in [0.2, 0.25) is 0 Å². The lowest BCUT2D eigenvalue weighted by molar-refractivity contribution is -0.143. The third-order valence-corrected chi connectivity index (χ3v) is 4.10. The summed E-state index contributed by atoms with van der Waals surface area (Å²) in [4.78, 5) is 28.3. The molecule has 0 unspecified atom stereocenters. The maximum absolute atomic E-state index is 12.6. The Labute approximate surface area is 126 Å². The molecule has 0 saturated carbocycles. The Morgan fingerprint density at radius 1 is 1.29 bits per heavy atom. The molecule has 2 heterocycles. The molecule has 5 nitrogen and oxygen atoms in total. The maximum atomic E-state index is 12.6. The van der Waals surface area contributed by atoms with Crippen LogP contribution in [0, 0.1) is 0 Å². The van der Waals surface area contributed by atoms with E-state index in [1.54, 1.807) is 24.3 Å². The van der Waals surface area contributed by atoms with Gasteiger partial charge in [-0.25, -0.2) is 4.79 Å². The van der Waals surface area contributed by atoms with Crippen molar-refractivity contribution in [3.05, 3.63) is 35.0 Å². The van der Waals surface area contributed by atoms with Crippen LogP contribution in [0.4, 0.5) is 0 Å². The standard InChI is InChI=1S/C15H15ClN2O3/c16-10-4-5-11-9(7-10)8-12(17-11)14(19)18-6-2-1-3-13(18)15(20)21/h4-5,7-8,13,17H,1-3,6H2,(H,20,21)/t13-/m1/s1. The average Bonchev–Trinajstić information content (AvgIpc) is 2.89. The zero-order valence-electron chi connectivity index (χ0n) is 11.3. The molecule has 2 N–H and O–H groups in total. The predicted octanol–water partition coefficient (Wildman–Crippen LogP) is 2.90. The SMILES string of the molecule is O=C(O)[C@H]1CCCCN1C(=O)c1cc2cc(Cl)ccc2[nH]1. The summed E-state index contributed by atoms with van der Waals surface area (Å²) < 4.78 is 0. The van der Waals surface area contributed by atoms with E-state index in [0.717, 1.165) is 23.7 Å².